The van der Waals surface area contributed by atoms with Crippen LogP contribution in [0.4, 0.5) is 0 Å². The zero-order chi connectivity index (χ0) is 15.2. The van der Waals surface area contributed by atoms with E-state index in [1.807, 2.05) is 4.90 Å². The van der Waals surface area contributed by atoms with Crippen LogP contribution in [0.2, 0.25) is 5.02 Å². The number of rotatable bonds is 2. The molecule has 0 atom stereocenters. The molecule has 114 valence electrons. The summed E-state index contributed by atoms with van der Waals surface area (Å²) in [5.74, 6) is 0.358. The minimum Gasteiger partial charge on any atom is -0.371 e. The van der Waals surface area contributed by atoms with Crippen LogP contribution >= 0.6 is 11.6 Å². The molecular weight excluding hydrogens is 306 g/mol. The Bertz CT molecular complexity index is 714. The van der Waals surface area contributed by atoms with Crippen LogP contribution in [0.15, 0.2) is 18.2 Å². The van der Waals surface area contributed by atoms with Crippen molar-refractivity contribution >= 4 is 17.5 Å². The number of benzene rings is 1. The highest BCUT2D eigenvalue weighted by molar-refractivity contribution is 6.34. The number of aromatic amines is 1. The van der Waals surface area contributed by atoms with Gasteiger partial charge in [0.25, 0.3) is 5.91 Å². The third-order valence-electron chi connectivity index (χ3n) is 4.14. The van der Waals surface area contributed by atoms with E-state index in [1.54, 1.807) is 18.2 Å². The molecule has 2 fully saturated rings. The summed E-state index contributed by atoms with van der Waals surface area (Å²) >= 11 is 6.22. The Hall–Kier alpha value is -1.99. The van der Waals surface area contributed by atoms with Gasteiger partial charge in [-0.15, -0.1) is 10.2 Å². The molecule has 22 heavy (non-hydrogen) atoms. The van der Waals surface area contributed by atoms with Gasteiger partial charge in [0.05, 0.1) is 29.3 Å². The van der Waals surface area contributed by atoms with Crippen molar-refractivity contribution in [2.45, 2.75) is 18.4 Å². The van der Waals surface area contributed by atoms with Crippen LogP contribution in [0.5, 0.6) is 0 Å². The zero-order valence-electron chi connectivity index (χ0n) is 11.8. The molecule has 4 rings (SSSR count). The largest absolute Gasteiger partial charge is 0.371 e. The van der Waals surface area contributed by atoms with Gasteiger partial charge >= 0.3 is 0 Å². The Morgan fingerprint density at radius 3 is 3.00 bits per heavy atom. The van der Waals surface area contributed by atoms with Crippen molar-refractivity contribution in [1.29, 1.82) is 0 Å². The van der Waals surface area contributed by atoms with Gasteiger partial charge in [-0.2, -0.15) is 5.21 Å². The standard InChI is InChI=1S/C14H14ClN5O2/c15-11-2-1-9(12-16-18-19-17-12)7-10(11)13(21)20-5-6-22-14(8-20)3-4-14/h1-2,7H,3-6,8H2,(H,16,17,18,19). The van der Waals surface area contributed by atoms with Crippen molar-refractivity contribution in [2.75, 3.05) is 19.7 Å². The van der Waals surface area contributed by atoms with Crippen molar-refractivity contribution in [2.24, 2.45) is 0 Å². The van der Waals surface area contributed by atoms with E-state index in [9.17, 15) is 4.79 Å². The minimum atomic E-state index is -0.105. The summed E-state index contributed by atoms with van der Waals surface area (Å²) in [5, 5.41) is 14.2. The average Bonchev–Trinajstić information content (AvgIpc) is 3.05. The second-order valence-corrected chi connectivity index (χ2v) is 6.10. The van der Waals surface area contributed by atoms with Crippen molar-refractivity contribution < 1.29 is 9.53 Å². The van der Waals surface area contributed by atoms with E-state index < -0.39 is 0 Å². The average molecular weight is 320 g/mol. The van der Waals surface area contributed by atoms with Gasteiger partial charge in [-0.25, -0.2) is 0 Å². The van der Waals surface area contributed by atoms with Crippen molar-refractivity contribution in [1.82, 2.24) is 25.5 Å². The molecule has 2 aliphatic rings. The SMILES string of the molecule is O=C(c1cc(-c2nn[nH]n2)ccc1Cl)N1CCOC2(CC2)C1. The van der Waals surface area contributed by atoms with Gasteiger partial charge in [-0.3, -0.25) is 4.79 Å². The molecule has 7 nitrogen and oxygen atoms in total. The predicted octanol–water partition coefficient (Wildman–Crippen LogP) is 1.53. The van der Waals surface area contributed by atoms with Crippen molar-refractivity contribution in [3.05, 3.63) is 28.8 Å². The van der Waals surface area contributed by atoms with Crippen LogP contribution in [0, 0.1) is 0 Å². The van der Waals surface area contributed by atoms with Crippen molar-refractivity contribution in [3.63, 3.8) is 0 Å². The number of halogens is 1. The molecule has 1 N–H and O–H groups in total. The van der Waals surface area contributed by atoms with Crippen LogP contribution in [-0.2, 0) is 4.74 Å². The Morgan fingerprint density at radius 1 is 1.41 bits per heavy atom. The van der Waals surface area contributed by atoms with Crippen LogP contribution in [0.25, 0.3) is 11.4 Å². The third kappa shape index (κ3) is 2.36. The monoisotopic (exact) mass is 319 g/mol. The number of carbonyl (C=O) groups excluding carboxylic acids is 1. The van der Waals surface area contributed by atoms with Gasteiger partial charge in [0.2, 0.25) is 5.82 Å². The lowest BCUT2D eigenvalue weighted by atomic mass is 10.1. The maximum atomic E-state index is 12.8. The maximum absolute atomic E-state index is 12.8. The fraction of sp³-hybridized carbons (Fsp3) is 0.429. The zero-order valence-corrected chi connectivity index (χ0v) is 12.5. The number of nitrogens with zero attached hydrogens (tertiary/aromatic N) is 4. The third-order valence-corrected chi connectivity index (χ3v) is 4.47. The lowest BCUT2D eigenvalue weighted by Crippen LogP contribution is -2.46. The predicted molar refractivity (Wildman–Crippen MR) is 78.4 cm³/mol. The van der Waals surface area contributed by atoms with Crippen molar-refractivity contribution in [3.8, 4) is 11.4 Å². The quantitative estimate of drug-likeness (QED) is 0.907. The van der Waals surface area contributed by atoms with Crippen LogP contribution in [0.3, 0.4) is 0 Å². The van der Waals surface area contributed by atoms with Crippen LogP contribution in [0.1, 0.15) is 23.2 Å². The Kier molecular flexibility index (Phi) is 3.12. The van der Waals surface area contributed by atoms with Gasteiger partial charge in [-0.05, 0) is 36.3 Å². The lowest BCUT2D eigenvalue weighted by molar-refractivity contribution is -0.0375. The summed E-state index contributed by atoms with van der Waals surface area (Å²) in [6.07, 6.45) is 2.04. The molecule has 0 bridgehead atoms. The molecule has 1 aliphatic heterocycles. The smallest absolute Gasteiger partial charge is 0.255 e. The molecule has 0 unspecified atom stereocenters. The first-order chi connectivity index (χ1) is 10.7. The summed E-state index contributed by atoms with van der Waals surface area (Å²) in [4.78, 5) is 14.6. The molecule has 1 aromatic carbocycles. The number of hydrogen-bond acceptors (Lipinski definition) is 5. The van der Waals surface area contributed by atoms with E-state index in [0.717, 1.165) is 12.8 Å². The van der Waals surface area contributed by atoms with Gasteiger partial charge < -0.3 is 9.64 Å². The molecule has 1 amide bonds. The fourth-order valence-corrected chi connectivity index (χ4v) is 2.94. The van der Waals surface area contributed by atoms with E-state index in [-0.39, 0.29) is 11.5 Å². The van der Waals surface area contributed by atoms with Crippen LogP contribution in [-0.4, -0.2) is 56.7 Å². The number of tetrazole rings is 1. The van der Waals surface area contributed by atoms with E-state index in [2.05, 4.69) is 20.6 Å². The highest BCUT2D eigenvalue weighted by Gasteiger charge is 2.48. The second kappa shape index (κ2) is 5.03. The number of carbonyl (C=O) groups is 1. The van der Waals surface area contributed by atoms with E-state index >= 15 is 0 Å². The maximum Gasteiger partial charge on any atom is 0.255 e. The Balaban J connectivity index is 1.63. The second-order valence-electron chi connectivity index (χ2n) is 5.69. The number of nitrogens with one attached hydrogen (secondary N) is 1. The number of H-pyrrole nitrogens is 1. The molecular formula is C14H14ClN5O2. The highest BCUT2D eigenvalue weighted by Crippen LogP contribution is 2.42. The van der Waals surface area contributed by atoms with E-state index in [0.29, 0.717) is 41.7 Å². The fourth-order valence-electron chi connectivity index (χ4n) is 2.74. The molecule has 2 heterocycles. The molecule has 2 aromatic rings. The molecule has 0 radical (unpaired) electrons. The first-order valence-corrected chi connectivity index (χ1v) is 7.51. The number of hydrogen-bond donors (Lipinski definition) is 1. The molecule has 1 spiro atoms. The van der Waals surface area contributed by atoms with Gasteiger partial charge in [0, 0.05) is 12.1 Å². The van der Waals surface area contributed by atoms with Crippen LogP contribution < -0.4 is 0 Å². The number of ether oxygens (including phenoxy) is 1. The molecule has 1 aromatic heterocycles. The summed E-state index contributed by atoms with van der Waals surface area (Å²) in [5.41, 5.74) is 1.06. The van der Waals surface area contributed by atoms with E-state index in [4.69, 9.17) is 16.3 Å². The molecule has 1 aliphatic carbocycles. The summed E-state index contributed by atoms with van der Waals surface area (Å²) in [7, 11) is 0. The summed E-state index contributed by atoms with van der Waals surface area (Å²) in [6, 6.07) is 5.17. The first-order valence-electron chi connectivity index (χ1n) is 7.14. The lowest BCUT2D eigenvalue weighted by Gasteiger charge is -2.33. The molecule has 1 saturated heterocycles. The topological polar surface area (TPSA) is 84.0 Å². The first kappa shape index (κ1) is 13.7. The van der Waals surface area contributed by atoms with Gasteiger partial charge in [0.15, 0.2) is 0 Å². The summed E-state index contributed by atoms with van der Waals surface area (Å²) in [6.45, 7) is 1.80. The number of amides is 1. The van der Waals surface area contributed by atoms with E-state index in [1.165, 1.54) is 0 Å². The minimum absolute atomic E-state index is 0.0788. The highest BCUT2D eigenvalue weighted by atomic mass is 35.5. The molecule has 8 heteroatoms. The van der Waals surface area contributed by atoms with Gasteiger partial charge in [-0.1, -0.05) is 11.6 Å². The Labute approximate surface area is 131 Å². The Morgan fingerprint density at radius 2 is 2.27 bits per heavy atom. The summed E-state index contributed by atoms with van der Waals surface area (Å²) < 4.78 is 5.75. The van der Waals surface area contributed by atoms with Gasteiger partial charge in [0.1, 0.15) is 0 Å². The normalized spacial score (nSPS) is 19.4. The molecule has 1 saturated carbocycles. The number of aromatic nitrogens is 4. The number of morpholine rings is 1.